The summed E-state index contributed by atoms with van der Waals surface area (Å²) in [6, 6.07) is 0. The molecule has 0 spiro atoms. The van der Waals surface area contributed by atoms with Crippen molar-refractivity contribution in [2.24, 2.45) is 47.3 Å². The zero-order chi connectivity index (χ0) is 73.4. The summed E-state index contributed by atoms with van der Waals surface area (Å²) in [7, 11) is 6.48. The maximum absolute atomic E-state index is 13.9. The van der Waals surface area contributed by atoms with Gasteiger partial charge >= 0.3 is 11.9 Å². The summed E-state index contributed by atoms with van der Waals surface area (Å²) in [4.78, 5) is 27.8. The Hall–Kier alpha value is -3.30. The molecule has 31 atom stereocenters. The van der Waals surface area contributed by atoms with Crippen LogP contribution in [0.3, 0.4) is 0 Å². The lowest BCUT2D eigenvalue weighted by atomic mass is 9.78. The average molecular weight is 1410 g/mol. The zero-order valence-corrected chi connectivity index (χ0v) is 62.6. The topological polar surface area (TPSA) is 309 Å². The van der Waals surface area contributed by atoms with Crippen molar-refractivity contribution in [3.05, 3.63) is 71.9 Å². The first-order valence-electron chi connectivity index (χ1n) is 37.1. The average Bonchev–Trinajstić information content (AvgIpc) is 0.855. The van der Waals surface area contributed by atoms with Gasteiger partial charge in [0.15, 0.2) is 0 Å². The Morgan fingerprint density at radius 1 is 0.475 bits per heavy atom. The third-order valence-corrected chi connectivity index (χ3v) is 22.3. The lowest BCUT2D eigenvalue weighted by Crippen LogP contribution is -2.47. The second-order valence-corrected chi connectivity index (χ2v) is 30.5. The summed E-state index contributed by atoms with van der Waals surface area (Å²) in [5, 5.41) is 106. The van der Waals surface area contributed by atoms with Gasteiger partial charge in [0.05, 0.1) is 128 Å². The number of esters is 2. The third kappa shape index (κ3) is 28.3. The predicted octanol–water partition coefficient (Wildman–Crippen LogP) is 9.08. The molecule has 0 aromatic rings. The minimum atomic E-state index is -1.22. The van der Waals surface area contributed by atoms with E-state index in [1.54, 1.807) is 81.3 Å². The monoisotopic (exact) mass is 1400 g/mol. The van der Waals surface area contributed by atoms with Crippen LogP contribution in [0, 0.1) is 47.3 Å². The Bertz CT molecular complexity index is 2520. The smallest absolute Gasteiger partial charge is 0.331 e. The number of carbonyl (C=O) groups is 2. The summed E-state index contributed by atoms with van der Waals surface area (Å²) in [6.45, 7) is 22.1. The van der Waals surface area contributed by atoms with Crippen molar-refractivity contribution in [1.82, 2.24) is 0 Å². The quantitative estimate of drug-likeness (QED) is 0.0514. The maximum atomic E-state index is 13.9. The molecule has 21 heteroatoms. The molecule has 2 saturated heterocycles. The SMILES string of the molecule is CO[C@@H]1C[C@H](C)O[C@@H](C(O)C[C@H](C)[C@H](O)[C@H](C)[C@H]2OC(=O)/C=C/C(C)=C/C[C@H](O)C[C@@H]3C=CC[C@@H](C[C@H](OC)[C@@H](C)[C@@H](O)C[C@@H](O)C(C)[C@@H]([C@@H](C)[C@@H](O)[C@@H](C)CC[C@H]4C[C@H](OC)C[C@H](C)O4)OC(=O)/C=C/C(C)=C/C[C@H](O)C[C@@H]4C=CC[C@@H](C[C@H](OC)[C@@H](C)[C@@H](O)C[C@@H](O)[C@@H]2C)O4)O3)C1. The number of aliphatic hydroxyl groups excluding tert-OH is 9. The number of hydrogen-bond acceptors (Lipinski definition) is 21. The first kappa shape index (κ1) is 86.3. The van der Waals surface area contributed by atoms with Crippen LogP contribution in [0.4, 0.5) is 0 Å². The van der Waals surface area contributed by atoms with Crippen molar-refractivity contribution in [2.45, 2.75) is 333 Å². The summed E-state index contributed by atoms with van der Waals surface area (Å²) in [6.07, 6.45) is 9.95. The Morgan fingerprint density at radius 2 is 0.889 bits per heavy atom. The van der Waals surface area contributed by atoms with Gasteiger partial charge in [-0.25, -0.2) is 9.59 Å². The van der Waals surface area contributed by atoms with Crippen LogP contribution in [0.15, 0.2) is 71.9 Å². The number of allylic oxidation sites excluding steroid dienone is 4. The van der Waals surface area contributed by atoms with E-state index in [4.69, 9.17) is 47.4 Å². The molecule has 5 heterocycles. The molecule has 5 aliphatic rings. The lowest BCUT2D eigenvalue weighted by Gasteiger charge is -2.39. The van der Waals surface area contributed by atoms with Crippen molar-refractivity contribution in [3.63, 3.8) is 0 Å². The van der Waals surface area contributed by atoms with E-state index < -0.39 is 151 Å². The minimum Gasteiger partial charge on any atom is -0.458 e. The minimum absolute atomic E-state index is 0.0334. The van der Waals surface area contributed by atoms with Crippen molar-refractivity contribution >= 4 is 11.9 Å². The van der Waals surface area contributed by atoms with E-state index in [9.17, 15) is 55.5 Å². The van der Waals surface area contributed by atoms with Crippen LogP contribution in [0.25, 0.3) is 0 Å². The van der Waals surface area contributed by atoms with Gasteiger partial charge in [0.1, 0.15) is 12.2 Å². The molecule has 0 saturated carbocycles. The summed E-state index contributed by atoms with van der Waals surface area (Å²) in [5.41, 5.74) is 1.35. The molecule has 0 radical (unpaired) electrons. The largest absolute Gasteiger partial charge is 0.458 e. The highest BCUT2D eigenvalue weighted by molar-refractivity contribution is 5.83. The lowest BCUT2D eigenvalue weighted by molar-refractivity contribution is -0.160. The number of methoxy groups -OCH3 is 4. The normalized spacial score (nSPS) is 41.1. The molecule has 2 unspecified atom stereocenters. The zero-order valence-electron chi connectivity index (χ0n) is 62.6. The van der Waals surface area contributed by atoms with E-state index in [1.165, 1.54) is 12.2 Å². The molecule has 4 bridgehead atoms. The molecule has 2 fully saturated rings. The number of ether oxygens (including phenoxy) is 10. The van der Waals surface area contributed by atoms with Crippen molar-refractivity contribution < 1.29 is 103 Å². The molecule has 99 heavy (non-hydrogen) atoms. The van der Waals surface area contributed by atoms with Gasteiger partial charge in [-0.05, 0) is 117 Å². The van der Waals surface area contributed by atoms with E-state index in [1.807, 2.05) is 78.8 Å². The molecule has 5 aliphatic heterocycles. The first-order chi connectivity index (χ1) is 46.8. The highest BCUT2D eigenvalue weighted by Gasteiger charge is 2.43. The predicted molar refractivity (Wildman–Crippen MR) is 379 cm³/mol. The Morgan fingerprint density at radius 3 is 1.32 bits per heavy atom. The molecule has 5 rings (SSSR count). The van der Waals surface area contributed by atoms with E-state index in [-0.39, 0.29) is 93.6 Å². The second kappa shape index (κ2) is 43.2. The van der Waals surface area contributed by atoms with Crippen molar-refractivity contribution in [1.29, 1.82) is 0 Å². The Kier molecular flexibility index (Phi) is 37.7. The fourth-order valence-electron chi connectivity index (χ4n) is 15.4. The summed E-state index contributed by atoms with van der Waals surface area (Å²) < 4.78 is 61.1. The van der Waals surface area contributed by atoms with Gasteiger partial charge < -0.3 is 93.3 Å². The number of fused-ring (bicyclic) bond motifs is 4. The van der Waals surface area contributed by atoms with Crippen LogP contribution in [0.2, 0.25) is 0 Å². The molecule has 0 aromatic carbocycles. The maximum Gasteiger partial charge on any atom is 0.331 e. The number of carbonyl (C=O) groups excluding carboxylic acids is 2. The number of rotatable bonds is 16. The summed E-state index contributed by atoms with van der Waals surface area (Å²) >= 11 is 0. The van der Waals surface area contributed by atoms with E-state index in [0.717, 1.165) is 12.8 Å². The van der Waals surface area contributed by atoms with Crippen LogP contribution in [-0.4, -0.2) is 227 Å². The highest BCUT2D eigenvalue weighted by Crippen LogP contribution is 2.37. The number of hydrogen-bond donors (Lipinski definition) is 9. The van der Waals surface area contributed by atoms with Crippen LogP contribution >= 0.6 is 0 Å². The molecule has 21 nitrogen and oxygen atoms in total. The highest BCUT2D eigenvalue weighted by atomic mass is 16.6. The van der Waals surface area contributed by atoms with Crippen LogP contribution in [-0.2, 0) is 57.0 Å². The van der Waals surface area contributed by atoms with Gasteiger partial charge in [-0.15, -0.1) is 0 Å². The standard InChI is InChI=1S/C78H132O21/c1-44-23-28-56(79)36-58-20-18-22-61(97-58)40-71(93-16)51(8)66(82)43-68(84)53(10)78(55(12)76(89)47(4)33-69(85)72-41-64(91-14)35-49(6)95-72)99-74(87)32-26-45(2)24-29-57(80)37-59-19-17-21-60(96-59)39-70(92-15)50(7)65(81)42-67(83)52(9)77(98-73(86)31-25-44)54(11)75(88)46(3)27-30-62-38-63(90-13)34-48(5)94-62/h17-20,23-26,31-32,46-72,75-85,88-89H,21-22,27-30,33-43H2,1-16H3/b31-25+,32-26+,44-23+,45-24+/t46-,47-,48-,49-,50-,51-,52?,53-,54-,55-,56-,57-,58-,59-,60-,61-,62-,63+,64+,65-,66-,67+,68+,69?,70-,71-,72+,75-,76-,77-,78-/m0/s1. The molecule has 0 amide bonds. The van der Waals surface area contributed by atoms with Gasteiger partial charge in [0.2, 0.25) is 0 Å². The van der Waals surface area contributed by atoms with Crippen molar-refractivity contribution in [2.75, 3.05) is 28.4 Å². The first-order valence-corrected chi connectivity index (χ1v) is 37.1. The molecular formula is C78H132O21. The van der Waals surface area contributed by atoms with Crippen LogP contribution in [0.1, 0.15) is 192 Å². The fourth-order valence-corrected chi connectivity index (χ4v) is 15.4. The molecule has 0 aliphatic carbocycles. The molecule has 9 N–H and O–H groups in total. The second-order valence-electron chi connectivity index (χ2n) is 30.5. The van der Waals surface area contributed by atoms with Gasteiger partial charge in [-0.1, -0.05) is 115 Å². The summed E-state index contributed by atoms with van der Waals surface area (Å²) in [5.74, 6) is -6.08. The third-order valence-electron chi connectivity index (χ3n) is 22.3. The van der Waals surface area contributed by atoms with Gasteiger partial charge in [-0.2, -0.15) is 0 Å². The van der Waals surface area contributed by atoms with E-state index in [0.29, 0.717) is 62.5 Å². The van der Waals surface area contributed by atoms with Crippen molar-refractivity contribution in [3.8, 4) is 0 Å². The molecule has 0 aromatic heterocycles. The van der Waals surface area contributed by atoms with Crippen LogP contribution < -0.4 is 0 Å². The van der Waals surface area contributed by atoms with E-state index in [2.05, 4.69) is 0 Å². The van der Waals surface area contributed by atoms with Gasteiger partial charge in [-0.3, -0.25) is 0 Å². The fraction of sp³-hybridized carbons (Fsp3) is 0.821. The Balaban J connectivity index is 1.37. The Labute approximate surface area is 592 Å². The van der Waals surface area contributed by atoms with Gasteiger partial charge in [0.25, 0.3) is 0 Å². The van der Waals surface area contributed by atoms with Gasteiger partial charge in [0, 0.05) is 108 Å². The van der Waals surface area contributed by atoms with Crippen LogP contribution in [0.5, 0.6) is 0 Å². The molecule has 570 valence electrons. The van der Waals surface area contributed by atoms with E-state index >= 15 is 0 Å². The molecular weight excluding hydrogens is 1270 g/mol. The number of aliphatic hydroxyl groups is 9. The number of cyclic esters (lactones) is 2.